The highest BCUT2D eigenvalue weighted by atomic mass is 16.7. The smallest absolute Gasteiger partial charge is 0.236 e. The second-order valence-corrected chi connectivity index (χ2v) is 1.11. The molecule has 0 fully saturated rings. The lowest BCUT2D eigenvalue weighted by molar-refractivity contribution is -0.00563. The highest BCUT2D eigenvalue weighted by Gasteiger charge is 2.00. The van der Waals surface area contributed by atoms with Gasteiger partial charge in [-0.3, -0.25) is 0 Å². The lowest BCUT2D eigenvalue weighted by Gasteiger charge is -1.98. The third-order valence-electron chi connectivity index (χ3n) is 0.596. The molecule has 1 aliphatic heterocycles. The fourth-order valence-corrected chi connectivity index (χ4v) is 0.318. The number of hydrogen-bond acceptors (Lipinski definition) is 2. The topological polar surface area (TPSA) is 18.5 Å². The molecule has 0 unspecified atom stereocenters. The van der Waals surface area contributed by atoms with E-state index in [2.05, 4.69) is 0 Å². The fourth-order valence-electron chi connectivity index (χ4n) is 0.318. The van der Waals surface area contributed by atoms with Crippen molar-refractivity contribution in [2.75, 3.05) is 0 Å². The molecule has 6 heavy (non-hydrogen) atoms. The van der Waals surface area contributed by atoms with Crippen LogP contribution in [0.5, 0.6) is 0 Å². The first kappa shape index (κ1) is 3.53. The number of ether oxygens (including phenoxy) is 2. The Labute approximate surface area is 36.4 Å². The Morgan fingerprint density at radius 1 is 1.33 bits per heavy atom. The first-order valence-electron chi connectivity index (χ1n) is 1.85. The van der Waals surface area contributed by atoms with Crippen LogP contribution in [0.15, 0.2) is 12.5 Å². The van der Waals surface area contributed by atoms with Crippen LogP contribution in [-0.2, 0) is 9.47 Å². The van der Waals surface area contributed by atoms with E-state index in [0.717, 1.165) is 0 Å². The van der Waals surface area contributed by atoms with Crippen molar-refractivity contribution in [2.24, 2.45) is 0 Å². The molecule has 0 saturated carbocycles. The minimum atomic E-state index is -0.0648. The average molecular weight is 86.1 g/mol. The van der Waals surface area contributed by atoms with Crippen molar-refractivity contribution >= 4 is 0 Å². The zero-order valence-corrected chi connectivity index (χ0v) is 3.55. The van der Waals surface area contributed by atoms with Crippen LogP contribution in [0, 0.1) is 0 Å². The Balaban J connectivity index is 2.32. The van der Waals surface area contributed by atoms with Crippen LogP contribution in [0.1, 0.15) is 6.92 Å². The van der Waals surface area contributed by atoms with Gasteiger partial charge in [-0.1, -0.05) is 0 Å². The minimum absolute atomic E-state index is 0.0648. The minimum Gasteiger partial charge on any atom is -0.460 e. The maximum Gasteiger partial charge on any atom is 0.236 e. The summed E-state index contributed by atoms with van der Waals surface area (Å²) in [7, 11) is 0. The summed E-state index contributed by atoms with van der Waals surface area (Å²) in [5, 5.41) is 0. The summed E-state index contributed by atoms with van der Waals surface area (Å²) in [6.45, 7) is 1.83. The summed E-state index contributed by atoms with van der Waals surface area (Å²) in [5.41, 5.74) is 0. The zero-order chi connectivity index (χ0) is 4.41. The Morgan fingerprint density at radius 3 is 2.00 bits per heavy atom. The van der Waals surface area contributed by atoms with Crippen molar-refractivity contribution in [1.29, 1.82) is 0 Å². The first-order valence-corrected chi connectivity index (χ1v) is 1.85. The molecule has 1 aliphatic rings. The molecule has 0 aliphatic carbocycles. The zero-order valence-electron chi connectivity index (χ0n) is 3.55. The van der Waals surface area contributed by atoms with Crippen molar-refractivity contribution < 1.29 is 9.47 Å². The van der Waals surface area contributed by atoms with E-state index in [0.29, 0.717) is 0 Å². The van der Waals surface area contributed by atoms with Gasteiger partial charge in [-0.05, 0) is 0 Å². The molecule has 0 spiro atoms. The molecule has 2 heteroatoms. The van der Waals surface area contributed by atoms with E-state index in [4.69, 9.17) is 9.47 Å². The monoisotopic (exact) mass is 86.0 g/mol. The van der Waals surface area contributed by atoms with E-state index >= 15 is 0 Å². The standard InChI is InChI=1S/C4H6O2/c1-4-5-2-3-6-4/h2-4H,1H3. The highest BCUT2D eigenvalue weighted by Crippen LogP contribution is 2.01. The van der Waals surface area contributed by atoms with E-state index < -0.39 is 0 Å². The molecule has 1 heterocycles. The van der Waals surface area contributed by atoms with Crippen LogP contribution in [0.25, 0.3) is 0 Å². The van der Waals surface area contributed by atoms with Gasteiger partial charge in [0, 0.05) is 6.92 Å². The van der Waals surface area contributed by atoms with Gasteiger partial charge in [0.2, 0.25) is 6.29 Å². The maximum absolute atomic E-state index is 4.75. The van der Waals surface area contributed by atoms with E-state index in [1.165, 1.54) is 12.5 Å². The van der Waals surface area contributed by atoms with Gasteiger partial charge in [-0.15, -0.1) is 0 Å². The number of hydrogen-bond donors (Lipinski definition) is 0. The molecule has 0 aromatic heterocycles. The molecule has 0 radical (unpaired) electrons. The van der Waals surface area contributed by atoms with Crippen molar-refractivity contribution in [3.63, 3.8) is 0 Å². The van der Waals surface area contributed by atoms with E-state index in [9.17, 15) is 0 Å². The van der Waals surface area contributed by atoms with E-state index in [1.807, 2.05) is 6.92 Å². The van der Waals surface area contributed by atoms with Crippen LogP contribution in [0.2, 0.25) is 0 Å². The van der Waals surface area contributed by atoms with Crippen molar-refractivity contribution in [3.05, 3.63) is 12.5 Å². The van der Waals surface area contributed by atoms with Crippen LogP contribution in [0.4, 0.5) is 0 Å². The molecule has 0 amide bonds. The largest absolute Gasteiger partial charge is 0.460 e. The Bertz CT molecular complexity index is 59.9. The summed E-state index contributed by atoms with van der Waals surface area (Å²) in [5.74, 6) is 0. The van der Waals surface area contributed by atoms with E-state index in [-0.39, 0.29) is 6.29 Å². The lowest BCUT2D eigenvalue weighted by Crippen LogP contribution is -1.97. The molecule has 0 atom stereocenters. The molecular weight excluding hydrogens is 80.0 g/mol. The molecule has 1 rings (SSSR count). The van der Waals surface area contributed by atoms with Gasteiger partial charge in [-0.2, -0.15) is 0 Å². The average Bonchev–Trinajstić information content (AvgIpc) is 1.86. The second-order valence-electron chi connectivity index (χ2n) is 1.11. The third-order valence-corrected chi connectivity index (χ3v) is 0.596. The van der Waals surface area contributed by atoms with Crippen molar-refractivity contribution in [3.8, 4) is 0 Å². The van der Waals surface area contributed by atoms with Gasteiger partial charge in [-0.25, -0.2) is 0 Å². The van der Waals surface area contributed by atoms with Gasteiger partial charge in [0.15, 0.2) is 0 Å². The van der Waals surface area contributed by atoms with Gasteiger partial charge < -0.3 is 9.47 Å². The summed E-state index contributed by atoms with van der Waals surface area (Å²) >= 11 is 0. The molecule has 0 N–H and O–H groups in total. The van der Waals surface area contributed by atoms with Gasteiger partial charge in [0.1, 0.15) is 12.5 Å². The van der Waals surface area contributed by atoms with Crippen molar-refractivity contribution in [1.82, 2.24) is 0 Å². The number of rotatable bonds is 0. The molecule has 0 bridgehead atoms. The summed E-state index contributed by atoms with van der Waals surface area (Å²) in [6, 6.07) is 0. The molecule has 0 saturated heterocycles. The highest BCUT2D eigenvalue weighted by molar-refractivity contribution is 4.67. The second kappa shape index (κ2) is 1.20. The van der Waals surface area contributed by atoms with Crippen LogP contribution in [0.3, 0.4) is 0 Å². The quantitative estimate of drug-likeness (QED) is 0.435. The Kier molecular flexibility index (Phi) is 0.708. The van der Waals surface area contributed by atoms with Crippen molar-refractivity contribution in [2.45, 2.75) is 13.2 Å². The maximum atomic E-state index is 4.75. The molecule has 0 aromatic rings. The van der Waals surface area contributed by atoms with Gasteiger partial charge >= 0.3 is 0 Å². The summed E-state index contributed by atoms with van der Waals surface area (Å²) in [6.07, 6.45) is 3.00. The van der Waals surface area contributed by atoms with Gasteiger partial charge in [0.25, 0.3) is 0 Å². The lowest BCUT2D eigenvalue weighted by atomic mass is 10.8. The SMILES string of the molecule is CC1OC=CO1. The predicted octanol–water partition coefficient (Wildman–Crippen LogP) is 0.850. The molecule has 2 nitrogen and oxygen atoms in total. The Hall–Kier alpha value is -0.660. The summed E-state index contributed by atoms with van der Waals surface area (Å²) in [4.78, 5) is 0. The third kappa shape index (κ3) is 0.455. The summed E-state index contributed by atoms with van der Waals surface area (Å²) < 4.78 is 9.50. The van der Waals surface area contributed by atoms with E-state index in [1.54, 1.807) is 0 Å². The Morgan fingerprint density at radius 2 is 1.83 bits per heavy atom. The molecule has 0 aromatic carbocycles. The van der Waals surface area contributed by atoms with Crippen LogP contribution >= 0.6 is 0 Å². The molecular formula is C4H6O2. The normalized spacial score (nSPS) is 20.2. The fraction of sp³-hybridized carbons (Fsp3) is 0.500. The van der Waals surface area contributed by atoms with Crippen LogP contribution in [-0.4, -0.2) is 6.29 Å². The predicted molar refractivity (Wildman–Crippen MR) is 20.8 cm³/mol. The van der Waals surface area contributed by atoms with Crippen LogP contribution < -0.4 is 0 Å². The van der Waals surface area contributed by atoms with Gasteiger partial charge in [0.05, 0.1) is 0 Å². The first-order chi connectivity index (χ1) is 2.89. The molecule has 34 valence electrons.